The minimum Gasteiger partial charge on any atom is -0.300 e. The summed E-state index contributed by atoms with van der Waals surface area (Å²) in [7, 11) is 0. The van der Waals surface area contributed by atoms with Gasteiger partial charge in [0, 0.05) is 30.4 Å². The van der Waals surface area contributed by atoms with Gasteiger partial charge in [0.25, 0.3) is 0 Å². The predicted octanol–water partition coefficient (Wildman–Crippen LogP) is 2.98. The van der Waals surface area contributed by atoms with Crippen LogP contribution in [0.2, 0.25) is 0 Å². The van der Waals surface area contributed by atoms with Crippen LogP contribution in [0.1, 0.15) is 43.9 Å². The van der Waals surface area contributed by atoms with E-state index >= 15 is 0 Å². The van der Waals surface area contributed by atoms with E-state index in [0.717, 1.165) is 0 Å². The fourth-order valence-electron chi connectivity index (χ4n) is 2.44. The van der Waals surface area contributed by atoms with Crippen molar-refractivity contribution in [3.05, 3.63) is 29.6 Å². The van der Waals surface area contributed by atoms with Crippen LogP contribution in [0.4, 0.5) is 0 Å². The number of aromatic nitrogens is 1. The second-order valence-corrected chi connectivity index (χ2v) is 5.19. The first-order valence-corrected chi connectivity index (χ1v) is 6.33. The van der Waals surface area contributed by atoms with Crippen LogP contribution in [0.25, 0.3) is 0 Å². The van der Waals surface area contributed by atoms with Gasteiger partial charge in [0.1, 0.15) is 0 Å². The van der Waals surface area contributed by atoms with Crippen LogP contribution in [0.15, 0.2) is 18.3 Å². The van der Waals surface area contributed by atoms with Crippen molar-refractivity contribution in [2.45, 2.75) is 45.6 Å². The van der Waals surface area contributed by atoms with Crippen molar-refractivity contribution in [1.82, 2.24) is 9.88 Å². The number of nitrogens with zero attached hydrogens (tertiary/aromatic N) is 2. The molecule has 1 aliphatic heterocycles. The van der Waals surface area contributed by atoms with Crippen molar-refractivity contribution in [2.75, 3.05) is 13.1 Å². The molecule has 16 heavy (non-hydrogen) atoms. The molecule has 0 aliphatic carbocycles. The van der Waals surface area contributed by atoms with E-state index < -0.39 is 0 Å². The normalized spacial score (nSPS) is 22.6. The Morgan fingerprint density at radius 1 is 1.38 bits per heavy atom. The fraction of sp³-hybridized carbons (Fsp3) is 0.643. The number of pyridine rings is 1. The quantitative estimate of drug-likeness (QED) is 0.758. The number of piperidine rings is 1. The maximum absolute atomic E-state index is 4.57. The Labute approximate surface area is 98.7 Å². The van der Waals surface area contributed by atoms with Crippen molar-refractivity contribution in [2.24, 2.45) is 0 Å². The lowest BCUT2D eigenvalue weighted by atomic mass is 9.93. The Hall–Kier alpha value is -0.890. The molecule has 88 valence electrons. The summed E-state index contributed by atoms with van der Waals surface area (Å²) in [5.41, 5.74) is 2.52. The number of likely N-dealkylation sites (tertiary alicyclic amines) is 1. The molecule has 0 aromatic carbocycles. The Balaban J connectivity index is 2.06. The maximum Gasteiger partial charge on any atom is 0.0447 e. The monoisotopic (exact) mass is 218 g/mol. The molecule has 1 aliphatic rings. The van der Waals surface area contributed by atoms with Crippen LogP contribution in [0.3, 0.4) is 0 Å². The molecule has 0 spiro atoms. The molecule has 1 aromatic rings. The van der Waals surface area contributed by atoms with Gasteiger partial charge >= 0.3 is 0 Å². The van der Waals surface area contributed by atoms with Gasteiger partial charge in [-0.25, -0.2) is 0 Å². The van der Waals surface area contributed by atoms with Crippen molar-refractivity contribution >= 4 is 0 Å². The molecule has 0 N–H and O–H groups in total. The summed E-state index contributed by atoms with van der Waals surface area (Å²) in [6.07, 6.45) is 4.58. The highest BCUT2D eigenvalue weighted by Crippen LogP contribution is 2.26. The van der Waals surface area contributed by atoms with Crippen molar-refractivity contribution < 1.29 is 0 Å². The van der Waals surface area contributed by atoms with Gasteiger partial charge in [-0.15, -0.1) is 0 Å². The summed E-state index contributed by atoms with van der Waals surface area (Å²) >= 11 is 0. The van der Waals surface area contributed by atoms with E-state index in [9.17, 15) is 0 Å². The number of rotatable bonds is 2. The third-order valence-electron chi connectivity index (χ3n) is 3.54. The Bertz CT molecular complexity index is 329. The Morgan fingerprint density at radius 3 is 2.81 bits per heavy atom. The average Bonchev–Trinajstić information content (AvgIpc) is 2.30. The Kier molecular flexibility index (Phi) is 3.59. The maximum atomic E-state index is 4.57. The summed E-state index contributed by atoms with van der Waals surface area (Å²) in [6.45, 7) is 9.09. The summed E-state index contributed by atoms with van der Waals surface area (Å²) in [6, 6.07) is 5.04. The molecule has 2 heteroatoms. The topological polar surface area (TPSA) is 16.1 Å². The van der Waals surface area contributed by atoms with E-state index in [4.69, 9.17) is 0 Å². The second-order valence-electron chi connectivity index (χ2n) is 5.19. The predicted molar refractivity (Wildman–Crippen MR) is 67.7 cm³/mol. The van der Waals surface area contributed by atoms with Gasteiger partial charge in [-0.05, 0) is 51.8 Å². The molecule has 0 radical (unpaired) electrons. The van der Waals surface area contributed by atoms with Crippen molar-refractivity contribution in [3.63, 3.8) is 0 Å². The molecule has 2 rings (SSSR count). The molecule has 0 saturated carbocycles. The fourth-order valence-corrected chi connectivity index (χ4v) is 2.44. The molecule has 1 atom stereocenters. The molecular formula is C14H22N2. The van der Waals surface area contributed by atoms with E-state index in [1.54, 1.807) is 0 Å². The SMILES string of the molecule is Cc1ccc(C2CCCN(C(C)C)C2)nc1. The standard InChI is InChI=1S/C14H22N2/c1-11(2)16-8-4-5-13(10-16)14-7-6-12(3)9-15-14/h6-7,9,11,13H,4-5,8,10H2,1-3H3. The van der Waals surface area contributed by atoms with Gasteiger partial charge < -0.3 is 4.90 Å². The smallest absolute Gasteiger partial charge is 0.0447 e. The number of hydrogen-bond donors (Lipinski definition) is 0. The third kappa shape index (κ3) is 2.62. The van der Waals surface area contributed by atoms with E-state index in [-0.39, 0.29) is 0 Å². The van der Waals surface area contributed by atoms with Crippen LogP contribution in [0.5, 0.6) is 0 Å². The first-order chi connectivity index (χ1) is 7.66. The largest absolute Gasteiger partial charge is 0.300 e. The molecule has 1 unspecified atom stereocenters. The van der Waals surface area contributed by atoms with Crippen LogP contribution < -0.4 is 0 Å². The molecule has 1 saturated heterocycles. The van der Waals surface area contributed by atoms with E-state index in [1.807, 2.05) is 6.20 Å². The Morgan fingerprint density at radius 2 is 2.19 bits per heavy atom. The van der Waals surface area contributed by atoms with Crippen LogP contribution in [-0.4, -0.2) is 29.0 Å². The molecule has 1 fully saturated rings. The van der Waals surface area contributed by atoms with E-state index in [0.29, 0.717) is 12.0 Å². The minimum atomic E-state index is 0.636. The highest BCUT2D eigenvalue weighted by Gasteiger charge is 2.23. The van der Waals surface area contributed by atoms with Crippen LogP contribution in [0, 0.1) is 6.92 Å². The summed E-state index contributed by atoms with van der Waals surface area (Å²) in [5.74, 6) is 0.636. The van der Waals surface area contributed by atoms with Gasteiger partial charge in [0.15, 0.2) is 0 Å². The highest BCUT2D eigenvalue weighted by atomic mass is 15.2. The van der Waals surface area contributed by atoms with Crippen molar-refractivity contribution in [1.29, 1.82) is 0 Å². The van der Waals surface area contributed by atoms with Crippen LogP contribution >= 0.6 is 0 Å². The average molecular weight is 218 g/mol. The van der Waals surface area contributed by atoms with Crippen molar-refractivity contribution in [3.8, 4) is 0 Å². The summed E-state index contributed by atoms with van der Waals surface area (Å²) in [5, 5.41) is 0. The molecule has 2 heterocycles. The van der Waals surface area contributed by atoms with E-state index in [1.165, 1.54) is 37.2 Å². The van der Waals surface area contributed by atoms with Gasteiger partial charge in [-0.3, -0.25) is 4.98 Å². The van der Waals surface area contributed by atoms with Gasteiger partial charge in [0.2, 0.25) is 0 Å². The highest BCUT2D eigenvalue weighted by molar-refractivity contribution is 5.16. The van der Waals surface area contributed by atoms with E-state index in [2.05, 4.69) is 42.8 Å². The zero-order valence-electron chi connectivity index (χ0n) is 10.6. The molecule has 1 aromatic heterocycles. The van der Waals surface area contributed by atoms with Crippen LogP contribution in [-0.2, 0) is 0 Å². The van der Waals surface area contributed by atoms with Gasteiger partial charge in [0.05, 0.1) is 0 Å². The molecule has 0 bridgehead atoms. The first-order valence-electron chi connectivity index (χ1n) is 6.33. The lowest BCUT2D eigenvalue weighted by Crippen LogP contribution is -2.39. The molecule has 0 amide bonds. The number of aryl methyl sites for hydroxylation is 1. The first kappa shape index (κ1) is 11.6. The molecule has 2 nitrogen and oxygen atoms in total. The zero-order valence-corrected chi connectivity index (χ0v) is 10.6. The lowest BCUT2D eigenvalue weighted by molar-refractivity contribution is 0.166. The number of hydrogen-bond acceptors (Lipinski definition) is 2. The lowest BCUT2D eigenvalue weighted by Gasteiger charge is -2.35. The second kappa shape index (κ2) is 4.96. The minimum absolute atomic E-state index is 0.636. The third-order valence-corrected chi connectivity index (χ3v) is 3.54. The van der Waals surface area contributed by atoms with Gasteiger partial charge in [-0.2, -0.15) is 0 Å². The summed E-state index contributed by atoms with van der Waals surface area (Å²) in [4.78, 5) is 7.13. The summed E-state index contributed by atoms with van der Waals surface area (Å²) < 4.78 is 0. The van der Waals surface area contributed by atoms with Gasteiger partial charge in [-0.1, -0.05) is 6.07 Å². The zero-order chi connectivity index (χ0) is 11.5. The molecular weight excluding hydrogens is 196 g/mol.